The van der Waals surface area contributed by atoms with E-state index in [-0.39, 0.29) is 1.43 Å². The Morgan fingerprint density at radius 3 is 2.85 bits per heavy atom. The molecule has 1 aromatic carbocycles. The largest absolute Gasteiger partial charge is 0.354 e. The number of para-hydroxylation sites is 1. The van der Waals surface area contributed by atoms with Crippen LogP contribution in [0.2, 0.25) is 0 Å². The van der Waals surface area contributed by atoms with Gasteiger partial charge in [-0.15, -0.1) is 0 Å². The molecule has 0 amide bonds. The molecular formula is C16H20N4. The smallest absolute Gasteiger partial charge is 0.223 e. The Hall–Kier alpha value is -2.36. The lowest BCUT2D eigenvalue weighted by Crippen LogP contribution is -2.04. The summed E-state index contributed by atoms with van der Waals surface area (Å²) in [4.78, 5) is 8.94. The van der Waals surface area contributed by atoms with Crippen LogP contribution in [0.5, 0.6) is 0 Å². The Bertz CT molecular complexity index is 694. The maximum Gasteiger partial charge on any atom is 0.223 e. The third kappa shape index (κ3) is 2.50. The number of anilines is 1. The number of rotatable bonds is 5. The van der Waals surface area contributed by atoms with Gasteiger partial charge in [-0.1, -0.05) is 31.5 Å². The second-order valence-corrected chi connectivity index (χ2v) is 4.77. The fraction of sp³-hybridized carbons (Fsp3) is 0.250. The molecule has 2 heterocycles. The molecule has 0 fully saturated rings. The molecule has 20 heavy (non-hydrogen) atoms. The summed E-state index contributed by atoms with van der Waals surface area (Å²) in [5, 5.41) is 3.26. The highest BCUT2D eigenvalue weighted by molar-refractivity contribution is 5.78. The van der Waals surface area contributed by atoms with Crippen LogP contribution in [0, 0.1) is 0 Å². The highest BCUT2D eigenvalue weighted by Gasteiger charge is 2.05. The van der Waals surface area contributed by atoms with E-state index < -0.39 is 0 Å². The van der Waals surface area contributed by atoms with Gasteiger partial charge in [-0.05, 0) is 24.6 Å². The Kier molecular flexibility index (Phi) is 3.63. The van der Waals surface area contributed by atoms with Crippen molar-refractivity contribution in [2.24, 2.45) is 0 Å². The lowest BCUT2D eigenvalue weighted by Gasteiger charge is -2.06. The lowest BCUT2D eigenvalue weighted by molar-refractivity contribution is 0.827. The van der Waals surface area contributed by atoms with Gasteiger partial charge in [0.15, 0.2) is 0 Å². The number of nitrogens with zero attached hydrogens (tertiary/aromatic N) is 3. The van der Waals surface area contributed by atoms with Crippen LogP contribution in [0.4, 0.5) is 5.95 Å². The number of hydrogen-bond donors (Lipinski definition) is 1. The Morgan fingerprint density at radius 1 is 1.20 bits per heavy atom. The first-order valence-corrected chi connectivity index (χ1v) is 7.02. The summed E-state index contributed by atoms with van der Waals surface area (Å²) in [6, 6.07) is 12.3. The minimum Gasteiger partial charge on any atom is -0.354 e. The number of aromatic nitrogens is 3. The van der Waals surface area contributed by atoms with Crippen LogP contribution < -0.4 is 5.32 Å². The second kappa shape index (κ2) is 5.74. The van der Waals surface area contributed by atoms with Crippen molar-refractivity contribution < 1.29 is 1.43 Å². The van der Waals surface area contributed by atoms with Crippen molar-refractivity contribution in [3.05, 3.63) is 48.8 Å². The summed E-state index contributed by atoms with van der Waals surface area (Å²) < 4.78 is 2.10. The molecule has 0 bridgehead atoms. The van der Waals surface area contributed by atoms with Gasteiger partial charge in [-0.25, -0.2) is 9.97 Å². The first kappa shape index (κ1) is 12.7. The first-order valence-electron chi connectivity index (χ1n) is 7.02. The van der Waals surface area contributed by atoms with Gasteiger partial charge in [0.1, 0.15) is 0 Å². The molecule has 0 spiro atoms. The summed E-state index contributed by atoms with van der Waals surface area (Å²) >= 11 is 0. The number of nitrogens with one attached hydrogen (secondary N) is 1. The van der Waals surface area contributed by atoms with Gasteiger partial charge >= 0.3 is 0 Å². The minimum absolute atomic E-state index is 0. The van der Waals surface area contributed by atoms with E-state index in [0.717, 1.165) is 29.7 Å². The second-order valence-electron chi connectivity index (χ2n) is 4.77. The summed E-state index contributed by atoms with van der Waals surface area (Å²) in [7, 11) is 0. The molecule has 0 aliphatic carbocycles. The molecule has 3 aromatic rings. The van der Waals surface area contributed by atoms with Crippen molar-refractivity contribution >= 4 is 17.0 Å². The van der Waals surface area contributed by atoms with Crippen molar-refractivity contribution in [1.82, 2.24) is 14.5 Å². The third-order valence-electron chi connectivity index (χ3n) is 3.29. The lowest BCUT2D eigenvalue weighted by atomic mass is 10.3. The molecule has 0 saturated carbocycles. The Labute approximate surface area is 120 Å². The Morgan fingerprint density at radius 2 is 2.05 bits per heavy atom. The average Bonchev–Trinajstić information content (AvgIpc) is 2.91. The van der Waals surface area contributed by atoms with E-state index in [4.69, 9.17) is 0 Å². The quantitative estimate of drug-likeness (QED) is 0.714. The maximum atomic E-state index is 4.55. The van der Waals surface area contributed by atoms with Gasteiger partial charge in [0.05, 0.1) is 17.2 Å². The number of fused-ring (bicyclic) bond motifs is 1. The molecule has 4 nitrogen and oxygen atoms in total. The minimum atomic E-state index is 0. The van der Waals surface area contributed by atoms with E-state index >= 15 is 0 Å². The predicted molar refractivity (Wildman–Crippen MR) is 84.4 cm³/mol. The van der Waals surface area contributed by atoms with Gasteiger partial charge in [-0.3, -0.25) is 0 Å². The van der Waals surface area contributed by atoms with Crippen molar-refractivity contribution in [3.8, 4) is 5.69 Å². The fourth-order valence-corrected chi connectivity index (χ4v) is 2.20. The molecule has 2 aromatic heterocycles. The van der Waals surface area contributed by atoms with Crippen LogP contribution in [0.25, 0.3) is 16.7 Å². The van der Waals surface area contributed by atoms with E-state index in [1.54, 1.807) is 0 Å². The van der Waals surface area contributed by atoms with Gasteiger partial charge < -0.3 is 9.88 Å². The van der Waals surface area contributed by atoms with Crippen LogP contribution in [-0.2, 0) is 0 Å². The van der Waals surface area contributed by atoms with E-state index in [1.807, 2.05) is 36.7 Å². The molecule has 0 radical (unpaired) electrons. The maximum absolute atomic E-state index is 4.55. The summed E-state index contributed by atoms with van der Waals surface area (Å²) in [6.07, 6.45) is 6.21. The molecule has 0 aliphatic heterocycles. The molecule has 0 unspecified atom stereocenters. The van der Waals surface area contributed by atoms with E-state index in [9.17, 15) is 0 Å². The molecule has 4 heteroatoms. The average molecular weight is 268 g/mol. The van der Waals surface area contributed by atoms with Crippen LogP contribution in [0.1, 0.15) is 21.2 Å². The van der Waals surface area contributed by atoms with Gasteiger partial charge in [-0.2, -0.15) is 0 Å². The van der Waals surface area contributed by atoms with Crippen LogP contribution >= 0.6 is 0 Å². The topological polar surface area (TPSA) is 42.7 Å². The molecular weight excluding hydrogens is 248 g/mol. The number of benzene rings is 1. The SMILES string of the molecule is CCCCNc1ncc2c(ccn2-c2ccccc2)n1.[HH]. The van der Waals surface area contributed by atoms with Crippen molar-refractivity contribution in [1.29, 1.82) is 0 Å². The molecule has 0 aliphatic rings. The summed E-state index contributed by atoms with van der Waals surface area (Å²) in [5.74, 6) is 0.705. The van der Waals surface area contributed by atoms with E-state index in [2.05, 4.69) is 38.9 Å². The van der Waals surface area contributed by atoms with E-state index in [0.29, 0.717) is 5.95 Å². The number of unbranched alkanes of at least 4 members (excludes halogenated alkanes) is 1. The van der Waals surface area contributed by atoms with Crippen molar-refractivity contribution in [2.75, 3.05) is 11.9 Å². The predicted octanol–water partition coefficient (Wildman–Crippen LogP) is 3.88. The highest BCUT2D eigenvalue weighted by atomic mass is 15.1. The standard InChI is InChI=1S/C16H18N4.H2/c1-2-3-10-17-16-18-12-15-14(19-16)9-11-20(15)13-7-5-4-6-8-13;/h4-9,11-12H,2-3,10H2,1H3,(H,17,18,19);1H. The molecule has 1 N–H and O–H groups in total. The van der Waals surface area contributed by atoms with Gasteiger partial charge in [0.2, 0.25) is 5.95 Å². The molecule has 3 rings (SSSR count). The molecule has 0 atom stereocenters. The fourth-order valence-electron chi connectivity index (χ4n) is 2.20. The van der Waals surface area contributed by atoms with Crippen LogP contribution in [0.3, 0.4) is 0 Å². The van der Waals surface area contributed by atoms with E-state index in [1.165, 1.54) is 6.42 Å². The van der Waals surface area contributed by atoms with Gasteiger partial charge in [0, 0.05) is 19.9 Å². The van der Waals surface area contributed by atoms with Crippen molar-refractivity contribution in [3.63, 3.8) is 0 Å². The van der Waals surface area contributed by atoms with Crippen LogP contribution in [-0.4, -0.2) is 21.1 Å². The van der Waals surface area contributed by atoms with Crippen LogP contribution in [0.15, 0.2) is 48.8 Å². The number of hydrogen-bond acceptors (Lipinski definition) is 3. The normalized spacial score (nSPS) is 10.8. The monoisotopic (exact) mass is 268 g/mol. The highest BCUT2D eigenvalue weighted by Crippen LogP contribution is 2.19. The first-order chi connectivity index (χ1) is 9.88. The summed E-state index contributed by atoms with van der Waals surface area (Å²) in [5.41, 5.74) is 3.11. The summed E-state index contributed by atoms with van der Waals surface area (Å²) in [6.45, 7) is 3.09. The zero-order chi connectivity index (χ0) is 13.8. The van der Waals surface area contributed by atoms with Crippen molar-refractivity contribution in [2.45, 2.75) is 19.8 Å². The Balaban J connectivity index is 0.00000161. The zero-order valence-electron chi connectivity index (χ0n) is 11.6. The third-order valence-corrected chi connectivity index (χ3v) is 3.29. The molecule has 104 valence electrons. The zero-order valence-corrected chi connectivity index (χ0v) is 11.6. The molecule has 0 saturated heterocycles. The van der Waals surface area contributed by atoms with Gasteiger partial charge in [0.25, 0.3) is 0 Å².